The maximum Gasteiger partial charge on any atom is 0.328 e. The summed E-state index contributed by atoms with van der Waals surface area (Å²) in [7, 11) is 0. The molecule has 0 saturated heterocycles. The number of nitrogens with zero attached hydrogens (tertiary/aromatic N) is 2. The molecule has 16 heteroatoms. The Hall–Kier alpha value is -2.95. The smallest absolute Gasteiger partial charge is 0.328 e. The van der Waals surface area contributed by atoms with Gasteiger partial charge in [0.05, 0.1) is 24.4 Å². The quantitative estimate of drug-likeness (QED) is 0.0999. The minimum absolute atomic E-state index is 0.0190. The van der Waals surface area contributed by atoms with Gasteiger partial charge in [0.25, 0.3) is 0 Å². The molecule has 6 atom stereocenters. The molecule has 0 radical (unpaired) electrons. The highest BCUT2D eigenvalue weighted by atomic mass is 17.3. The number of nitrogens with one attached hydrogen (secondary N) is 2. The first-order valence-corrected chi connectivity index (χ1v) is 13.7. The molecule has 4 N–H and O–H groups in total. The molecule has 3 rings (SSSR count). The third-order valence-electron chi connectivity index (χ3n) is 8.60. The van der Waals surface area contributed by atoms with Gasteiger partial charge in [-0.25, -0.2) is 4.89 Å². The number of hydrogen-bond donors (Lipinski definition) is 4. The lowest BCUT2D eigenvalue weighted by Gasteiger charge is -2.30. The van der Waals surface area contributed by atoms with Gasteiger partial charge in [0.15, 0.2) is 0 Å². The number of hydroxylamine groups is 2. The molecule has 16 nitrogen and oxygen atoms in total. The Morgan fingerprint density at radius 2 is 1.25 bits per heavy atom. The Bertz CT molecular complexity index is 912. The molecule has 0 aromatic carbocycles. The highest BCUT2D eigenvalue weighted by Crippen LogP contribution is 2.34. The summed E-state index contributed by atoms with van der Waals surface area (Å²) in [5, 5.41) is 40.8. The molecular weight excluding hydrogens is 536 g/mol. The molecule has 3 aliphatic rings. The van der Waals surface area contributed by atoms with Crippen molar-refractivity contribution < 1.29 is 49.2 Å². The van der Waals surface area contributed by atoms with E-state index in [4.69, 9.17) is 14.7 Å². The van der Waals surface area contributed by atoms with Crippen LogP contribution >= 0.6 is 0 Å². The van der Waals surface area contributed by atoms with Gasteiger partial charge in [0.2, 0.25) is 12.1 Å². The molecule has 0 aromatic heterocycles. The van der Waals surface area contributed by atoms with E-state index < -0.39 is 57.6 Å². The maximum atomic E-state index is 12.4. The fourth-order valence-electron chi connectivity index (χ4n) is 6.06. The van der Waals surface area contributed by atoms with Crippen molar-refractivity contribution in [3.05, 3.63) is 20.2 Å². The van der Waals surface area contributed by atoms with Crippen molar-refractivity contribution in [1.29, 1.82) is 0 Å². The van der Waals surface area contributed by atoms with Crippen LogP contribution in [0.2, 0.25) is 0 Å². The molecule has 0 spiro atoms. The third-order valence-corrected chi connectivity index (χ3v) is 8.60. The molecule has 0 amide bonds. The minimum Gasteiger partial charge on any atom is -0.481 e. The zero-order valence-corrected chi connectivity index (χ0v) is 22.2. The van der Waals surface area contributed by atoms with E-state index in [9.17, 15) is 44.8 Å². The van der Waals surface area contributed by atoms with Crippen molar-refractivity contribution in [3.8, 4) is 0 Å². The Morgan fingerprint density at radius 1 is 0.725 bits per heavy atom. The Kier molecular flexibility index (Phi) is 12.0. The SMILES string of the molecule is O=C(O)C1CC([N+](=O)[O-])CCC1COONCC1CCC(CNOC(=O)C2CCC([N+](=O)[O-])CC2C(=O)O)CC1. The van der Waals surface area contributed by atoms with Crippen LogP contribution in [0.4, 0.5) is 0 Å². The molecule has 0 heterocycles. The second-order valence-corrected chi connectivity index (χ2v) is 11.1. The average Bonchev–Trinajstić information content (AvgIpc) is 2.93. The summed E-state index contributed by atoms with van der Waals surface area (Å²) in [6.07, 6.45) is 4.20. The Morgan fingerprint density at radius 3 is 1.80 bits per heavy atom. The number of hydrogen-bond acceptors (Lipinski definition) is 12. The van der Waals surface area contributed by atoms with Crippen LogP contribution in [0.3, 0.4) is 0 Å². The van der Waals surface area contributed by atoms with Crippen LogP contribution in [0.25, 0.3) is 0 Å². The van der Waals surface area contributed by atoms with Crippen LogP contribution < -0.4 is 11.0 Å². The van der Waals surface area contributed by atoms with E-state index in [-0.39, 0.29) is 44.1 Å². The summed E-state index contributed by atoms with van der Waals surface area (Å²) in [4.78, 5) is 71.8. The standard InChI is InChI=1S/C24H38N4O12/c29-22(30)20-9-17(27(34)35)6-5-16(20)13-38-40-26-12-15-3-1-14(2-4-15)11-25-39-24(33)19-8-7-18(28(36)37)10-21(19)23(31)32/h14-21,25-26H,1-13H2,(H,29,30)(H,31,32). The van der Waals surface area contributed by atoms with Gasteiger partial charge < -0.3 is 15.1 Å². The third kappa shape index (κ3) is 9.04. The second kappa shape index (κ2) is 15.2. The van der Waals surface area contributed by atoms with E-state index in [1.807, 2.05) is 0 Å². The number of rotatable bonds is 14. The van der Waals surface area contributed by atoms with Crippen LogP contribution in [-0.4, -0.2) is 69.7 Å². The fraction of sp³-hybridized carbons (Fsp3) is 0.875. The van der Waals surface area contributed by atoms with Crippen molar-refractivity contribution >= 4 is 17.9 Å². The summed E-state index contributed by atoms with van der Waals surface area (Å²) in [5.41, 5.74) is 5.40. The molecule has 0 aromatic rings. The highest BCUT2D eigenvalue weighted by molar-refractivity contribution is 5.81. The zero-order chi connectivity index (χ0) is 29.2. The lowest BCUT2D eigenvalue weighted by Crippen LogP contribution is -2.42. The largest absolute Gasteiger partial charge is 0.481 e. The predicted molar refractivity (Wildman–Crippen MR) is 133 cm³/mol. The van der Waals surface area contributed by atoms with Crippen LogP contribution in [0.5, 0.6) is 0 Å². The van der Waals surface area contributed by atoms with E-state index in [0.717, 1.165) is 25.7 Å². The normalized spacial score (nSPS) is 32.6. The number of carboxylic acid groups (broad SMARTS) is 2. The van der Waals surface area contributed by atoms with Gasteiger partial charge in [-0.3, -0.25) is 34.6 Å². The summed E-state index contributed by atoms with van der Waals surface area (Å²) in [5.74, 6) is -5.72. The molecule has 226 valence electrons. The lowest BCUT2D eigenvalue weighted by molar-refractivity contribution is -0.528. The topological polar surface area (TPSA) is 230 Å². The molecular formula is C24H38N4O12. The highest BCUT2D eigenvalue weighted by Gasteiger charge is 2.44. The average molecular weight is 575 g/mol. The van der Waals surface area contributed by atoms with Gasteiger partial charge in [0.1, 0.15) is 0 Å². The summed E-state index contributed by atoms with van der Waals surface area (Å²) < 4.78 is 0. The van der Waals surface area contributed by atoms with Gasteiger partial charge in [-0.1, -0.05) is 0 Å². The number of carbonyl (C=O) groups excluding carboxylic acids is 1. The van der Waals surface area contributed by atoms with E-state index >= 15 is 0 Å². The maximum absolute atomic E-state index is 12.4. The van der Waals surface area contributed by atoms with Crippen molar-refractivity contribution in [1.82, 2.24) is 11.0 Å². The Labute approximate surface area is 230 Å². The zero-order valence-electron chi connectivity index (χ0n) is 22.2. The van der Waals surface area contributed by atoms with Gasteiger partial charge >= 0.3 is 17.9 Å². The van der Waals surface area contributed by atoms with E-state index in [1.54, 1.807) is 0 Å². The van der Waals surface area contributed by atoms with Crippen LogP contribution in [0.1, 0.15) is 64.2 Å². The molecule has 6 unspecified atom stereocenters. The number of nitro groups is 2. The summed E-state index contributed by atoms with van der Waals surface area (Å²) in [6.45, 7) is 0.960. The van der Waals surface area contributed by atoms with Gasteiger partial charge in [-0.2, -0.15) is 11.0 Å². The first-order chi connectivity index (χ1) is 19.1. The number of carboxylic acids is 2. The monoisotopic (exact) mass is 574 g/mol. The van der Waals surface area contributed by atoms with Gasteiger partial charge in [-0.15, -0.1) is 4.99 Å². The second-order valence-electron chi connectivity index (χ2n) is 11.1. The molecule has 3 fully saturated rings. The van der Waals surface area contributed by atoms with Gasteiger partial charge in [-0.05, 0) is 56.3 Å². The summed E-state index contributed by atoms with van der Waals surface area (Å²) >= 11 is 0. The van der Waals surface area contributed by atoms with Crippen molar-refractivity contribution in [3.63, 3.8) is 0 Å². The van der Waals surface area contributed by atoms with Crippen molar-refractivity contribution in [2.24, 2.45) is 35.5 Å². The van der Waals surface area contributed by atoms with E-state index in [1.165, 1.54) is 0 Å². The molecule has 3 aliphatic carbocycles. The first-order valence-electron chi connectivity index (χ1n) is 13.7. The molecule has 40 heavy (non-hydrogen) atoms. The van der Waals surface area contributed by atoms with E-state index in [0.29, 0.717) is 31.8 Å². The predicted octanol–water partition coefficient (Wildman–Crippen LogP) is 1.59. The lowest BCUT2D eigenvalue weighted by atomic mass is 9.77. The minimum atomic E-state index is -1.24. The van der Waals surface area contributed by atoms with Crippen LogP contribution in [0, 0.1) is 55.7 Å². The molecule has 0 bridgehead atoms. The summed E-state index contributed by atoms with van der Waals surface area (Å²) in [6, 6.07) is -1.81. The Balaban J connectivity index is 1.26. The van der Waals surface area contributed by atoms with Crippen LogP contribution in [0.15, 0.2) is 0 Å². The van der Waals surface area contributed by atoms with Crippen molar-refractivity contribution in [2.75, 3.05) is 19.7 Å². The van der Waals surface area contributed by atoms with Crippen LogP contribution in [-0.2, 0) is 29.1 Å². The molecule has 3 saturated carbocycles. The fourth-order valence-corrected chi connectivity index (χ4v) is 6.06. The van der Waals surface area contributed by atoms with E-state index in [2.05, 4.69) is 11.0 Å². The van der Waals surface area contributed by atoms with Gasteiger partial charge in [0, 0.05) is 48.6 Å². The number of aliphatic carboxylic acids is 2. The number of carbonyl (C=O) groups is 3. The van der Waals surface area contributed by atoms with Crippen molar-refractivity contribution in [2.45, 2.75) is 76.3 Å². The molecule has 0 aliphatic heterocycles. The first kappa shape index (κ1) is 31.6.